The van der Waals surface area contributed by atoms with Crippen LogP contribution in [0.2, 0.25) is 0 Å². The van der Waals surface area contributed by atoms with Crippen molar-refractivity contribution in [1.82, 2.24) is 30.6 Å². The van der Waals surface area contributed by atoms with Crippen LogP contribution in [0.25, 0.3) is 33.6 Å². The van der Waals surface area contributed by atoms with E-state index in [1.165, 1.54) is 14.2 Å². The summed E-state index contributed by atoms with van der Waals surface area (Å²) < 4.78 is 9.66. The summed E-state index contributed by atoms with van der Waals surface area (Å²) in [5, 5.41) is 5.45. The summed E-state index contributed by atoms with van der Waals surface area (Å²) in [6, 6.07) is 29.7. The van der Waals surface area contributed by atoms with Gasteiger partial charge in [0, 0.05) is 24.2 Å². The Morgan fingerprint density at radius 1 is 0.565 bits per heavy atom. The highest BCUT2D eigenvalue weighted by Crippen LogP contribution is 2.42. The number of benzene rings is 4. The summed E-state index contributed by atoms with van der Waals surface area (Å²) >= 11 is 0. The Kier molecular flexibility index (Phi) is 11.7. The number of imidazole rings is 2. The minimum absolute atomic E-state index is 0.177. The van der Waals surface area contributed by atoms with E-state index in [9.17, 15) is 19.2 Å². The summed E-state index contributed by atoms with van der Waals surface area (Å²) in [4.78, 5) is 72.6. The zero-order valence-electron chi connectivity index (χ0n) is 35.5. The van der Waals surface area contributed by atoms with Crippen molar-refractivity contribution in [2.24, 2.45) is 11.8 Å². The number of methoxy groups -OCH3 is 2. The number of rotatable bonds is 11. The van der Waals surface area contributed by atoms with Crippen molar-refractivity contribution in [1.29, 1.82) is 0 Å². The molecule has 0 radical (unpaired) electrons. The number of nitrogens with zero attached hydrogens (tertiary/aromatic N) is 4. The van der Waals surface area contributed by atoms with Gasteiger partial charge < -0.3 is 30.1 Å². The third-order valence-electron chi connectivity index (χ3n) is 11.8. The molecule has 4 N–H and O–H groups in total. The first kappa shape index (κ1) is 41.5. The Hall–Kier alpha value is -7.22. The third kappa shape index (κ3) is 8.03. The normalized spacial score (nSPS) is 16.5. The molecule has 8 rings (SSSR count). The lowest BCUT2D eigenvalue weighted by atomic mass is 10.0. The lowest BCUT2D eigenvalue weighted by Gasteiger charge is -2.30. The van der Waals surface area contributed by atoms with Crippen LogP contribution in [-0.4, -0.2) is 70.2 Å². The number of alkyl carbamates (subject to hydrolysis) is 2. The topological polar surface area (TPSA) is 175 Å². The Morgan fingerprint density at radius 2 is 0.919 bits per heavy atom. The van der Waals surface area contributed by atoms with E-state index in [-0.39, 0.29) is 35.7 Å². The highest BCUT2D eigenvalue weighted by atomic mass is 16.5. The maximum atomic E-state index is 14.1. The number of nitrogens with one attached hydrogen (secondary N) is 4. The molecule has 0 unspecified atom stereocenters. The molecule has 0 aliphatic carbocycles. The van der Waals surface area contributed by atoms with E-state index in [0.29, 0.717) is 24.5 Å². The van der Waals surface area contributed by atoms with Gasteiger partial charge in [0.15, 0.2) is 0 Å². The van der Waals surface area contributed by atoms with Gasteiger partial charge in [-0.15, -0.1) is 0 Å². The molecule has 0 spiro atoms. The van der Waals surface area contributed by atoms with Gasteiger partial charge in [-0.05, 0) is 57.3 Å². The molecule has 0 fully saturated rings. The third-order valence-corrected chi connectivity index (χ3v) is 11.8. The quantitative estimate of drug-likeness (QED) is 0.101. The maximum Gasteiger partial charge on any atom is 0.407 e. The molecule has 6 aromatic rings. The van der Waals surface area contributed by atoms with Crippen LogP contribution in [0.4, 0.5) is 21.0 Å². The summed E-state index contributed by atoms with van der Waals surface area (Å²) in [6.07, 6.45) is 3.42. The van der Waals surface area contributed by atoms with E-state index in [1.54, 1.807) is 22.2 Å². The highest BCUT2D eigenvalue weighted by Gasteiger charge is 2.42. The van der Waals surface area contributed by atoms with E-state index in [2.05, 4.69) is 44.9 Å². The summed E-state index contributed by atoms with van der Waals surface area (Å²) in [6.45, 7) is 7.56. The molecule has 14 heteroatoms. The van der Waals surface area contributed by atoms with Gasteiger partial charge in [0.1, 0.15) is 23.7 Å². The number of para-hydroxylation sites is 2. The predicted molar refractivity (Wildman–Crippen MR) is 236 cm³/mol. The molecule has 318 valence electrons. The van der Waals surface area contributed by atoms with Crippen LogP contribution >= 0.6 is 0 Å². The van der Waals surface area contributed by atoms with Crippen LogP contribution < -0.4 is 20.4 Å². The number of aromatic nitrogens is 4. The number of carbonyl (C=O) groups excluding carboxylic acids is 4. The molecule has 4 aromatic carbocycles. The number of ether oxygens (including phenoxy) is 2. The van der Waals surface area contributed by atoms with Crippen molar-refractivity contribution in [3.05, 3.63) is 132 Å². The number of anilines is 2. The summed E-state index contributed by atoms with van der Waals surface area (Å²) in [7, 11) is 2.57. The van der Waals surface area contributed by atoms with Crippen LogP contribution in [-0.2, 0) is 31.9 Å². The zero-order valence-corrected chi connectivity index (χ0v) is 35.5. The van der Waals surface area contributed by atoms with Gasteiger partial charge in [-0.3, -0.25) is 19.4 Å². The van der Waals surface area contributed by atoms with E-state index >= 15 is 0 Å². The molecule has 62 heavy (non-hydrogen) atoms. The number of fused-ring (bicyclic) bond motifs is 2. The van der Waals surface area contributed by atoms with Crippen LogP contribution in [0.1, 0.15) is 62.6 Å². The molecule has 0 saturated heterocycles. The molecule has 2 aromatic heterocycles. The minimum Gasteiger partial charge on any atom is -0.453 e. The van der Waals surface area contributed by atoms with Gasteiger partial charge in [0.25, 0.3) is 11.8 Å². The van der Waals surface area contributed by atoms with E-state index in [0.717, 1.165) is 56.1 Å². The number of H-pyrrole nitrogens is 2. The molecule has 14 nitrogen and oxygen atoms in total. The predicted octanol–water partition coefficient (Wildman–Crippen LogP) is 8.16. The summed E-state index contributed by atoms with van der Waals surface area (Å²) in [5.41, 5.74) is 9.23. The number of carbonyl (C=O) groups is 4. The first-order valence-corrected chi connectivity index (χ1v) is 20.8. The molecular weight excluding hydrogens is 785 g/mol. The smallest absolute Gasteiger partial charge is 0.407 e. The van der Waals surface area contributed by atoms with Crippen molar-refractivity contribution in [3.8, 4) is 33.6 Å². The monoisotopic (exact) mass is 834 g/mol. The van der Waals surface area contributed by atoms with Gasteiger partial charge in [-0.1, -0.05) is 113 Å². The van der Waals surface area contributed by atoms with Gasteiger partial charge in [0.05, 0.1) is 50.1 Å². The molecule has 4 amide bonds. The molecular formula is C48H50N8O6. The van der Waals surface area contributed by atoms with E-state index in [1.807, 2.05) is 100 Å². The van der Waals surface area contributed by atoms with Crippen molar-refractivity contribution < 1.29 is 28.7 Å². The molecule has 2 aliphatic heterocycles. The Morgan fingerprint density at radius 3 is 1.27 bits per heavy atom. The molecule has 0 bridgehead atoms. The first-order chi connectivity index (χ1) is 29.9. The fourth-order valence-corrected chi connectivity index (χ4v) is 8.44. The minimum atomic E-state index is -0.787. The second-order valence-electron chi connectivity index (χ2n) is 16.3. The fraction of sp³-hybridized carbons (Fsp3) is 0.292. The fourth-order valence-electron chi connectivity index (χ4n) is 8.44. The number of amides is 4. The van der Waals surface area contributed by atoms with Crippen LogP contribution in [0, 0.1) is 11.8 Å². The van der Waals surface area contributed by atoms with Crippen molar-refractivity contribution in [3.63, 3.8) is 0 Å². The van der Waals surface area contributed by atoms with Gasteiger partial charge in [-0.25, -0.2) is 19.6 Å². The number of hydrogen-bond acceptors (Lipinski definition) is 8. The van der Waals surface area contributed by atoms with Crippen LogP contribution in [0.5, 0.6) is 0 Å². The molecule has 4 atom stereocenters. The average molecular weight is 835 g/mol. The lowest BCUT2D eigenvalue weighted by Crippen LogP contribution is -2.51. The summed E-state index contributed by atoms with van der Waals surface area (Å²) in [5.74, 6) is 0.489. The highest BCUT2D eigenvalue weighted by molar-refractivity contribution is 6.02. The van der Waals surface area contributed by atoms with Crippen molar-refractivity contribution >= 4 is 35.4 Å². The number of aromatic amines is 2. The number of hydrogen-bond donors (Lipinski definition) is 4. The van der Waals surface area contributed by atoms with E-state index < -0.39 is 24.3 Å². The van der Waals surface area contributed by atoms with Crippen molar-refractivity contribution in [2.75, 3.05) is 24.0 Å². The van der Waals surface area contributed by atoms with Crippen LogP contribution in [0.15, 0.2) is 109 Å². The lowest BCUT2D eigenvalue weighted by molar-refractivity contribution is -0.122. The maximum absolute atomic E-state index is 14.1. The standard InChI is InChI=1S/C48H50N8O6/c1-27(2)41(53-47(59)61-5)45(57)55-37-13-9-7-11-33(37)23-39(55)43-49-25-35(51-43)31-19-15-29(16-20-31)30-17-21-32(22-18-30)36-26-50-44(52-36)40-24-34-12-8-10-14-38(34)56(40)46(58)42(28(3)4)54-48(60)62-6/h7-22,25-28,39-42H,23-24H2,1-6H3,(H,49,51)(H,50,52)(H,53,59)(H,54,60)/t39-,40-,41-,42-/m0/s1. The second-order valence-corrected chi connectivity index (χ2v) is 16.3. The second kappa shape index (κ2) is 17.4. The van der Waals surface area contributed by atoms with Crippen LogP contribution in [0.3, 0.4) is 0 Å². The van der Waals surface area contributed by atoms with E-state index in [4.69, 9.17) is 19.4 Å². The molecule has 0 saturated carbocycles. The van der Waals surface area contributed by atoms with Gasteiger partial charge in [0.2, 0.25) is 0 Å². The Bertz CT molecular complexity index is 2420. The molecule has 4 heterocycles. The van der Waals surface area contributed by atoms with Crippen molar-refractivity contribution in [2.45, 2.75) is 64.7 Å². The Balaban J connectivity index is 0.979. The van der Waals surface area contributed by atoms with Gasteiger partial charge >= 0.3 is 12.2 Å². The Labute approximate surface area is 360 Å². The molecule has 2 aliphatic rings. The zero-order chi connectivity index (χ0) is 43.7. The van der Waals surface area contributed by atoms with Gasteiger partial charge in [-0.2, -0.15) is 0 Å². The average Bonchev–Trinajstić information content (AvgIpc) is 4.11. The largest absolute Gasteiger partial charge is 0.453 e. The first-order valence-electron chi connectivity index (χ1n) is 20.8. The SMILES string of the molecule is COC(=O)N[C@H](C(=O)N1c2ccccc2C[C@H]1c1ncc(-c2ccc(-c3ccc(-c4cnc([C@@H]5Cc6ccccc6N5C(=O)[C@@H](NC(=O)OC)C(C)C)[nH]4)cc3)cc2)[nH]1)C(C)C.